The number of hydrogen-bond donors (Lipinski definition) is 2. The summed E-state index contributed by atoms with van der Waals surface area (Å²) in [5.74, 6) is 0.795. The van der Waals surface area contributed by atoms with Crippen molar-refractivity contribution in [2.24, 2.45) is 0 Å². The summed E-state index contributed by atoms with van der Waals surface area (Å²) in [4.78, 5) is 4.74. The highest BCUT2D eigenvalue weighted by atomic mass is 16.5. The first-order valence-corrected chi connectivity index (χ1v) is 8.04. The average Bonchev–Trinajstić information content (AvgIpc) is 2.55. The fraction of sp³-hybridized carbons (Fsp3) is 0.647. The van der Waals surface area contributed by atoms with Gasteiger partial charge in [-0.15, -0.1) is 0 Å². The molecular formula is C17H28N2O3. The summed E-state index contributed by atoms with van der Waals surface area (Å²) >= 11 is 0. The highest BCUT2D eigenvalue weighted by molar-refractivity contribution is 5.45. The third kappa shape index (κ3) is 4.35. The van der Waals surface area contributed by atoms with Crippen LogP contribution in [-0.2, 0) is 6.54 Å². The van der Waals surface area contributed by atoms with Crippen LogP contribution in [0.4, 0.5) is 0 Å². The van der Waals surface area contributed by atoms with Crippen LogP contribution in [0.2, 0.25) is 0 Å². The molecule has 0 bridgehead atoms. The van der Waals surface area contributed by atoms with E-state index in [4.69, 9.17) is 9.84 Å². The van der Waals surface area contributed by atoms with E-state index in [1.807, 2.05) is 12.1 Å². The molecule has 0 saturated carbocycles. The molecule has 1 aromatic carbocycles. The van der Waals surface area contributed by atoms with Crippen LogP contribution >= 0.6 is 0 Å². The minimum absolute atomic E-state index is 0.257. The van der Waals surface area contributed by atoms with Crippen molar-refractivity contribution < 1.29 is 14.9 Å². The minimum Gasteiger partial charge on any atom is -0.504 e. The second kappa shape index (κ2) is 8.36. The van der Waals surface area contributed by atoms with Gasteiger partial charge in [0.15, 0.2) is 11.5 Å². The highest BCUT2D eigenvalue weighted by Crippen LogP contribution is 2.30. The van der Waals surface area contributed by atoms with Crippen molar-refractivity contribution in [1.82, 2.24) is 9.80 Å². The second-order valence-electron chi connectivity index (χ2n) is 6.03. The van der Waals surface area contributed by atoms with Crippen molar-refractivity contribution in [3.8, 4) is 11.5 Å². The Hall–Kier alpha value is -1.30. The van der Waals surface area contributed by atoms with Crippen LogP contribution in [0.1, 0.15) is 24.8 Å². The molecule has 1 fully saturated rings. The molecule has 0 radical (unpaired) electrons. The SMILES string of the molecule is COc1cccc(CN2CCC(N(C)CCCO)CC2)c1O. The van der Waals surface area contributed by atoms with E-state index in [0.717, 1.165) is 51.0 Å². The van der Waals surface area contributed by atoms with Crippen LogP contribution in [-0.4, -0.2) is 66.5 Å². The average molecular weight is 308 g/mol. The van der Waals surface area contributed by atoms with Crippen molar-refractivity contribution >= 4 is 0 Å². The van der Waals surface area contributed by atoms with Crippen LogP contribution in [0.25, 0.3) is 0 Å². The quantitative estimate of drug-likeness (QED) is 0.803. The lowest BCUT2D eigenvalue weighted by molar-refractivity contribution is 0.117. The van der Waals surface area contributed by atoms with Gasteiger partial charge < -0.3 is 19.8 Å². The summed E-state index contributed by atoms with van der Waals surface area (Å²) < 4.78 is 5.17. The van der Waals surface area contributed by atoms with E-state index in [1.54, 1.807) is 13.2 Å². The van der Waals surface area contributed by atoms with Crippen molar-refractivity contribution in [1.29, 1.82) is 0 Å². The number of nitrogens with zero attached hydrogens (tertiary/aromatic N) is 2. The zero-order valence-corrected chi connectivity index (χ0v) is 13.7. The zero-order valence-electron chi connectivity index (χ0n) is 13.7. The number of para-hydroxylation sites is 1. The number of aromatic hydroxyl groups is 1. The molecule has 5 heteroatoms. The molecule has 1 aliphatic rings. The van der Waals surface area contributed by atoms with Crippen LogP contribution in [0.3, 0.4) is 0 Å². The van der Waals surface area contributed by atoms with E-state index < -0.39 is 0 Å². The van der Waals surface area contributed by atoms with Gasteiger partial charge in [0, 0.05) is 31.3 Å². The normalized spacial score (nSPS) is 17.1. The Kier molecular flexibility index (Phi) is 6.49. The zero-order chi connectivity index (χ0) is 15.9. The number of hydrogen-bond acceptors (Lipinski definition) is 5. The first kappa shape index (κ1) is 17.1. The van der Waals surface area contributed by atoms with E-state index in [2.05, 4.69) is 16.8 Å². The number of methoxy groups -OCH3 is 1. The predicted octanol–water partition coefficient (Wildman–Crippen LogP) is 1.68. The summed E-state index contributed by atoms with van der Waals surface area (Å²) in [6.45, 7) is 4.04. The molecule has 0 atom stereocenters. The molecule has 1 aliphatic heterocycles. The van der Waals surface area contributed by atoms with Crippen molar-refractivity contribution in [2.45, 2.75) is 31.8 Å². The number of benzene rings is 1. The lowest BCUT2D eigenvalue weighted by atomic mass is 10.0. The third-order valence-corrected chi connectivity index (χ3v) is 4.55. The summed E-state index contributed by atoms with van der Waals surface area (Å²) in [5, 5.41) is 19.1. The fourth-order valence-corrected chi connectivity index (χ4v) is 3.12. The van der Waals surface area contributed by atoms with Crippen LogP contribution in [0, 0.1) is 0 Å². The van der Waals surface area contributed by atoms with Gasteiger partial charge in [0.1, 0.15) is 0 Å². The summed E-state index contributed by atoms with van der Waals surface area (Å²) in [6, 6.07) is 6.25. The number of phenols is 1. The third-order valence-electron chi connectivity index (χ3n) is 4.55. The Morgan fingerprint density at radius 2 is 2.05 bits per heavy atom. The van der Waals surface area contributed by atoms with Gasteiger partial charge in [-0.3, -0.25) is 4.90 Å². The molecule has 1 saturated heterocycles. The van der Waals surface area contributed by atoms with Gasteiger partial charge in [-0.25, -0.2) is 0 Å². The van der Waals surface area contributed by atoms with Gasteiger partial charge in [-0.2, -0.15) is 0 Å². The van der Waals surface area contributed by atoms with Gasteiger partial charge in [-0.05, 0) is 45.5 Å². The van der Waals surface area contributed by atoms with Crippen molar-refractivity contribution in [2.75, 3.05) is 40.4 Å². The molecule has 2 N–H and O–H groups in total. The lowest BCUT2D eigenvalue weighted by Crippen LogP contribution is -2.43. The Bertz CT molecular complexity index is 459. The maximum atomic E-state index is 10.2. The molecule has 22 heavy (non-hydrogen) atoms. The predicted molar refractivity (Wildman–Crippen MR) is 87.3 cm³/mol. The molecule has 0 aliphatic carbocycles. The van der Waals surface area contributed by atoms with Gasteiger partial charge in [0.25, 0.3) is 0 Å². The maximum Gasteiger partial charge on any atom is 0.162 e. The molecule has 0 spiro atoms. The number of piperidine rings is 1. The number of phenolic OH excluding ortho intramolecular Hbond substituents is 1. The van der Waals surface area contributed by atoms with Crippen LogP contribution in [0.15, 0.2) is 18.2 Å². The number of aliphatic hydroxyl groups is 1. The van der Waals surface area contributed by atoms with E-state index in [9.17, 15) is 5.11 Å². The molecule has 1 aromatic rings. The van der Waals surface area contributed by atoms with Crippen LogP contribution < -0.4 is 4.74 Å². The van der Waals surface area contributed by atoms with Gasteiger partial charge in [-0.1, -0.05) is 12.1 Å². The summed E-state index contributed by atoms with van der Waals surface area (Å²) in [6.07, 6.45) is 3.10. The van der Waals surface area contributed by atoms with Gasteiger partial charge in [0.05, 0.1) is 7.11 Å². The monoisotopic (exact) mass is 308 g/mol. The number of aliphatic hydroxyl groups excluding tert-OH is 1. The van der Waals surface area contributed by atoms with E-state index in [1.165, 1.54) is 0 Å². The number of likely N-dealkylation sites (tertiary alicyclic amines) is 1. The number of rotatable bonds is 7. The van der Waals surface area contributed by atoms with Crippen LogP contribution in [0.5, 0.6) is 11.5 Å². The molecule has 2 rings (SSSR count). The first-order chi connectivity index (χ1) is 10.7. The summed E-state index contributed by atoms with van der Waals surface area (Å²) in [7, 11) is 3.72. The molecule has 1 heterocycles. The fourth-order valence-electron chi connectivity index (χ4n) is 3.12. The molecular weight excluding hydrogens is 280 g/mol. The standard InChI is InChI=1S/C17H28N2O3/c1-18(9-4-12-20)15-7-10-19(11-8-15)13-14-5-3-6-16(22-2)17(14)21/h3,5-6,15,20-21H,4,7-13H2,1-2H3. The summed E-state index contributed by atoms with van der Waals surface area (Å²) in [5.41, 5.74) is 0.923. The molecule has 124 valence electrons. The Morgan fingerprint density at radius 1 is 1.32 bits per heavy atom. The minimum atomic E-state index is 0.257. The highest BCUT2D eigenvalue weighted by Gasteiger charge is 2.23. The first-order valence-electron chi connectivity index (χ1n) is 8.04. The topological polar surface area (TPSA) is 56.2 Å². The molecule has 0 amide bonds. The largest absolute Gasteiger partial charge is 0.504 e. The Labute approximate surface area is 133 Å². The molecule has 0 unspecified atom stereocenters. The van der Waals surface area contributed by atoms with Crippen molar-refractivity contribution in [3.63, 3.8) is 0 Å². The van der Waals surface area contributed by atoms with E-state index in [0.29, 0.717) is 11.8 Å². The van der Waals surface area contributed by atoms with E-state index >= 15 is 0 Å². The Morgan fingerprint density at radius 3 is 2.68 bits per heavy atom. The van der Waals surface area contributed by atoms with Crippen molar-refractivity contribution in [3.05, 3.63) is 23.8 Å². The maximum absolute atomic E-state index is 10.2. The smallest absolute Gasteiger partial charge is 0.162 e. The molecule has 5 nitrogen and oxygen atoms in total. The second-order valence-corrected chi connectivity index (χ2v) is 6.03. The van der Waals surface area contributed by atoms with Gasteiger partial charge >= 0.3 is 0 Å². The Balaban J connectivity index is 1.85. The lowest BCUT2D eigenvalue weighted by Gasteiger charge is -2.36. The number of ether oxygens (including phenoxy) is 1. The van der Waals surface area contributed by atoms with E-state index in [-0.39, 0.29) is 12.4 Å². The van der Waals surface area contributed by atoms with Gasteiger partial charge in [0.2, 0.25) is 0 Å². The molecule has 0 aromatic heterocycles.